The number of amides is 2. The van der Waals surface area contributed by atoms with Crippen molar-refractivity contribution < 1.29 is 27.2 Å². The number of rotatable bonds is 8. The number of Topliss-reactive ketones (excluding diaryl/α,β-unsaturated/α-hetero) is 1. The van der Waals surface area contributed by atoms with Crippen molar-refractivity contribution in [2.75, 3.05) is 6.54 Å². The molecule has 3 heterocycles. The van der Waals surface area contributed by atoms with Crippen molar-refractivity contribution >= 4 is 49.9 Å². The van der Waals surface area contributed by atoms with E-state index in [9.17, 15) is 22.8 Å². The third-order valence-electron chi connectivity index (χ3n) is 5.96. The van der Waals surface area contributed by atoms with Crippen LogP contribution in [0.25, 0.3) is 11.0 Å². The van der Waals surface area contributed by atoms with Crippen LogP contribution in [0.5, 0.6) is 0 Å². The van der Waals surface area contributed by atoms with Gasteiger partial charge >= 0.3 is 0 Å². The highest BCUT2D eigenvalue weighted by molar-refractivity contribution is 7.91. The number of nitrogens with one attached hydrogen (secondary N) is 2. The Balaban J connectivity index is 1.56. The van der Waals surface area contributed by atoms with E-state index < -0.39 is 34.0 Å². The number of benzene rings is 1. The average Bonchev–Trinajstić information content (AvgIpc) is 3.49. The fourth-order valence-electron chi connectivity index (χ4n) is 4.19. The maximum atomic E-state index is 13.4. The minimum atomic E-state index is -3.99. The number of hydrogen-bond acceptors (Lipinski definition) is 7. The standard InChI is InChI=1S/C25H29N3O6S2/c1-16(2)14-18(26-25(31)21-15-17-8-3-4-10-20(17)34-21)24(30)27-23-19(29)9-5-6-12-28(23)36(32,33)22-11-7-13-35-22/h3-4,7-8,10-11,13,15-16,18,23H,5-6,9,12,14H2,1-2H3,(H,26,31)(H,27,30)/t18?,23-/m0/s1. The summed E-state index contributed by atoms with van der Waals surface area (Å²) in [5.41, 5.74) is 0.547. The zero-order chi connectivity index (χ0) is 25.9. The predicted molar refractivity (Wildman–Crippen MR) is 136 cm³/mol. The van der Waals surface area contributed by atoms with Crippen molar-refractivity contribution in [3.8, 4) is 0 Å². The van der Waals surface area contributed by atoms with Crippen molar-refractivity contribution in [1.29, 1.82) is 0 Å². The lowest BCUT2D eigenvalue weighted by atomic mass is 10.0. The average molecular weight is 532 g/mol. The molecule has 2 aromatic heterocycles. The second-order valence-electron chi connectivity index (χ2n) is 9.19. The summed E-state index contributed by atoms with van der Waals surface area (Å²) in [5, 5.41) is 7.74. The summed E-state index contributed by atoms with van der Waals surface area (Å²) in [5.74, 6) is -1.48. The molecule has 11 heteroatoms. The van der Waals surface area contributed by atoms with Crippen LogP contribution in [0.15, 0.2) is 56.5 Å². The van der Waals surface area contributed by atoms with Crippen LogP contribution >= 0.6 is 11.3 Å². The van der Waals surface area contributed by atoms with Gasteiger partial charge < -0.3 is 15.1 Å². The summed E-state index contributed by atoms with van der Waals surface area (Å²) in [6.45, 7) is 3.91. The highest BCUT2D eigenvalue weighted by Crippen LogP contribution is 2.26. The Labute approximate surface area is 213 Å². The lowest BCUT2D eigenvalue weighted by molar-refractivity contribution is -0.131. The number of thiophene rings is 1. The Morgan fingerprint density at radius 2 is 1.94 bits per heavy atom. The van der Waals surface area contributed by atoms with Gasteiger partial charge in [-0.15, -0.1) is 11.3 Å². The molecule has 0 aliphatic carbocycles. The molecule has 1 fully saturated rings. The smallest absolute Gasteiger partial charge is 0.287 e. The van der Waals surface area contributed by atoms with Gasteiger partial charge in [0.1, 0.15) is 15.8 Å². The van der Waals surface area contributed by atoms with Crippen LogP contribution in [0.4, 0.5) is 0 Å². The third-order valence-corrected chi connectivity index (χ3v) is 9.20. The Kier molecular flexibility index (Phi) is 7.91. The summed E-state index contributed by atoms with van der Waals surface area (Å²) in [4.78, 5) is 39.3. The first kappa shape index (κ1) is 26.1. The van der Waals surface area contributed by atoms with E-state index >= 15 is 0 Å². The van der Waals surface area contributed by atoms with Crippen molar-refractivity contribution in [3.63, 3.8) is 0 Å². The van der Waals surface area contributed by atoms with E-state index in [0.717, 1.165) is 21.0 Å². The lowest BCUT2D eigenvalue weighted by Gasteiger charge is -2.30. The van der Waals surface area contributed by atoms with Crippen molar-refractivity contribution in [2.45, 2.75) is 55.9 Å². The summed E-state index contributed by atoms with van der Waals surface area (Å²) >= 11 is 1.05. The molecule has 9 nitrogen and oxygen atoms in total. The number of fused-ring (bicyclic) bond motifs is 1. The number of carbonyl (C=O) groups excluding carboxylic acids is 3. The fourth-order valence-corrected chi connectivity index (χ4v) is 6.88. The number of nitrogens with zero attached hydrogens (tertiary/aromatic N) is 1. The molecule has 192 valence electrons. The fraction of sp³-hybridized carbons (Fsp3) is 0.400. The predicted octanol–water partition coefficient (Wildman–Crippen LogP) is 3.53. The number of sulfonamides is 1. The third kappa shape index (κ3) is 5.69. The molecule has 0 radical (unpaired) electrons. The van der Waals surface area contributed by atoms with Crippen LogP contribution in [-0.4, -0.2) is 49.1 Å². The van der Waals surface area contributed by atoms with Gasteiger partial charge in [0.05, 0.1) is 0 Å². The molecule has 1 aliphatic heterocycles. The monoisotopic (exact) mass is 531 g/mol. The Bertz CT molecular complexity index is 1310. The first-order chi connectivity index (χ1) is 17.2. The van der Waals surface area contributed by atoms with E-state index in [1.54, 1.807) is 29.6 Å². The molecule has 0 bridgehead atoms. The number of ketones is 1. The van der Waals surface area contributed by atoms with E-state index in [4.69, 9.17) is 4.42 Å². The molecule has 4 rings (SSSR count). The Morgan fingerprint density at radius 3 is 2.64 bits per heavy atom. The second kappa shape index (κ2) is 10.9. The van der Waals surface area contributed by atoms with Crippen molar-refractivity contribution in [1.82, 2.24) is 14.9 Å². The lowest BCUT2D eigenvalue weighted by Crippen LogP contribution is -2.58. The molecular weight excluding hydrogens is 502 g/mol. The molecule has 1 aliphatic rings. The van der Waals surface area contributed by atoms with E-state index in [1.807, 2.05) is 26.0 Å². The number of furan rings is 1. The first-order valence-electron chi connectivity index (χ1n) is 11.8. The molecule has 2 atom stereocenters. The maximum absolute atomic E-state index is 13.4. The zero-order valence-corrected chi connectivity index (χ0v) is 21.7. The van der Waals surface area contributed by atoms with Gasteiger partial charge in [-0.2, -0.15) is 4.31 Å². The summed E-state index contributed by atoms with van der Waals surface area (Å²) < 4.78 is 33.4. The van der Waals surface area contributed by atoms with Crippen molar-refractivity contribution in [3.05, 3.63) is 53.6 Å². The van der Waals surface area contributed by atoms with Gasteiger partial charge in [-0.05, 0) is 48.8 Å². The normalized spacial score (nSPS) is 18.2. The molecule has 0 spiro atoms. The van der Waals surface area contributed by atoms with Gasteiger partial charge in [0, 0.05) is 18.4 Å². The van der Waals surface area contributed by atoms with Crippen LogP contribution in [0.1, 0.15) is 50.1 Å². The van der Waals surface area contributed by atoms with Gasteiger partial charge in [-0.25, -0.2) is 8.42 Å². The van der Waals surface area contributed by atoms with Crippen LogP contribution in [0.3, 0.4) is 0 Å². The quantitative estimate of drug-likeness (QED) is 0.458. The van der Waals surface area contributed by atoms with Gasteiger partial charge in [-0.3, -0.25) is 14.4 Å². The van der Waals surface area contributed by atoms with Gasteiger partial charge in [0.15, 0.2) is 17.7 Å². The van der Waals surface area contributed by atoms with E-state index in [2.05, 4.69) is 10.6 Å². The molecule has 0 saturated carbocycles. The number of para-hydroxylation sites is 1. The summed E-state index contributed by atoms with van der Waals surface area (Å²) in [6.07, 6.45) is 0.128. The van der Waals surface area contributed by atoms with Crippen LogP contribution in [0.2, 0.25) is 0 Å². The summed E-state index contributed by atoms with van der Waals surface area (Å²) in [6, 6.07) is 10.9. The molecule has 1 unspecified atom stereocenters. The molecule has 3 aromatic rings. The molecule has 2 amide bonds. The largest absolute Gasteiger partial charge is 0.451 e. The minimum Gasteiger partial charge on any atom is -0.451 e. The van der Waals surface area contributed by atoms with Crippen LogP contribution in [-0.2, 0) is 19.6 Å². The van der Waals surface area contributed by atoms with Crippen LogP contribution in [0, 0.1) is 5.92 Å². The molecule has 1 aromatic carbocycles. The van der Waals surface area contributed by atoms with Crippen molar-refractivity contribution in [2.24, 2.45) is 5.92 Å². The zero-order valence-electron chi connectivity index (χ0n) is 20.1. The Morgan fingerprint density at radius 1 is 1.17 bits per heavy atom. The highest BCUT2D eigenvalue weighted by atomic mass is 32.2. The molecule has 36 heavy (non-hydrogen) atoms. The highest BCUT2D eigenvalue weighted by Gasteiger charge is 2.39. The second-order valence-corrected chi connectivity index (χ2v) is 12.3. The number of hydrogen-bond donors (Lipinski definition) is 2. The van der Waals surface area contributed by atoms with E-state index in [-0.39, 0.29) is 41.1 Å². The molecular formula is C25H29N3O6S2. The molecule has 2 N–H and O–H groups in total. The molecule has 1 saturated heterocycles. The van der Waals surface area contributed by atoms with Gasteiger partial charge in [-0.1, -0.05) is 38.1 Å². The summed E-state index contributed by atoms with van der Waals surface area (Å²) in [7, 11) is -3.99. The van der Waals surface area contributed by atoms with Crippen LogP contribution < -0.4 is 10.6 Å². The topological polar surface area (TPSA) is 126 Å². The van der Waals surface area contributed by atoms with E-state index in [1.165, 1.54) is 6.07 Å². The first-order valence-corrected chi connectivity index (χ1v) is 14.2. The Hall–Kier alpha value is -3.02. The van der Waals surface area contributed by atoms with Gasteiger partial charge in [0.2, 0.25) is 5.91 Å². The number of carbonyl (C=O) groups is 3. The SMILES string of the molecule is CC(C)CC(NC(=O)c1cc2ccccc2o1)C(=O)N[C@@H]1C(=O)CCCCN1S(=O)(=O)c1cccs1. The minimum absolute atomic E-state index is 0.0347. The maximum Gasteiger partial charge on any atom is 0.287 e. The van der Waals surface area contributed by atoms with E-state index in [0.29, 0.717) is 18.4 Å². The van der Waals surface area contributed by atoms with Gasteiger partial charge in [0.25, 0.3) is 15.9 Å².